The SMILES string of the molecule is CCCS(=O)(=O)c1ccccc1CC(C)(C)C. The van der Waals surface area contributed by atoms with Gasteiger partial charge in [0.1, 0.15) is 0 Å². The lowest BCUT2D eigenvalue weighted by Crippen LogP contribution is -2.14. The third-order valence-electron chi connectivity index (χ3n) is 2.50. The van der Waals surface area contributed by atoms with Gasteiger partial charge in [-0.25, -0.2) is 8.42 Å². The normalized spacial score (nSPS) is 12.7. The van der Waals surface area contributed by atoms with Gasteiger partial charge in [-0.3, -0.25) is 0 Å². The highest BCUT2D eigenvalue weighted by Crippen LogP contribution is 2.26. The molecule has 0 atom stereocenters. The molecule has 0 fully saturated rings. The van der Waals surface area contributed by atoms with Crippen LogP contribution in [0.3, 0.4) is 0 Å². The van der Waals surface area contributed by atoms with E-state index in [1.54, 1.807) is 12.1 Å². The molecule has 1 aromatic rings. The van der Waals surface area contributed by atoms with Gasteiger partial charge in [-0.2, -0.15) is 0 Å². The number of rotatable bonds is 4. The van der Waals surface area contributed by atoms with Gasteiger partial charge in [-0.15, -0.1) is 0 Å². The molecule has 0 bridgehead atoms. The monoisotopic (exact) mass is 254 g/mol. The molecule has 0 radical (unpaired) electrons. The fraction of sp³-hybridized carbons (Fsp3) is 0.571. The standard InChI is InChI=1S/C14H22O2S/c1-5-10-17(15,16)13-9-7-6-8-12(13)11-14(2,3)4/h6-9H,5,10-11H2,1-4H3. The van der Waals surface area contributed by atoms with E-state index in [1.165, 1.54) is 0 Å². The molecule has 3 heteroatoms. The van der Waals surface area contributed by atoms with E-state index < -0.39 is 9.84 Å². The van der Waals surface area contributed by atoms with E-state index in [9.17, 15) is 8.42 Å². The van der Waals surface area contributed by atoms with Gasteiger partial charge in [0.15, 0.2) is 9.84 Å². The molecule has 2 nitrogen and oxygen atoms in total. The van der Waals surface area contributed by atoms with Crippen LogP contribution in [0.2, 0.25) is 0 Å². The Balaban J connectivity index is 3.17. The average molecular weight is 254 g/mol. The van der Waals surface area contributed by atoms with Crippen LogP contribution in [-0.2, 0) is 16.3 Å². The third kappa shape index (κ3) is 4.15. The molecular weight excluding hydrogens is 232 g/mol. The smallest absolute Gasteiger partial charge is 0.178 e. The van der Waals surface area contributed by atoms with E-state index in [1.807, 2.05) is 19.1 Å². The van der Waals surface area contributed by atoms with Crippen molar-refractivity contribution in [3.8, 4) is 0 Å². The van der Waals surface area contributed by atoms with Crippen molar-refractivity contribution in [2.75, 3.05) is 5.75 Å². The number of sulfone groups is 1. The highest BCUT2D eigenvalue weighted by atomic mass is 32.2. The summed E-state index contributed by atoms with van der Waals surface area (Å²) < 4.78 is 24.3. The van der Waals surface area contributed by atoms with Crippen LogP contribution in [0.5, 0.6) is 0 Å². The zero-order valence-corrected chi connectivity index (χ0v) is 12.0. The van der Waals surface area contributed by atoms with Crippen LogP contribution in [0.4, 0.5) is 0 Å². The van der Waals surface area contributed by atoms with Gasteiger partial charge in [0.25, 0.3) is 0 Å². The minimum Gasteiger partial charge on any atom is -0.224 e. The zero-order chi connectivity index (χ0) is 13.1. The second-order valence-electron chi connectivity index (χ2n) is 5.66. The molecule has 0 aliphatic carbocycles. The first-order chi connectivity index (χ1) is 7.76. The Morgan fingerprint density at radius 3 is 2.24 bits per heavy atom. The fourth-order valence-corrected chi connectivity index (χ4v) is 3.49. The summed E-state index contributed by atoms with van der Waals surface area (Å²) in [5.41, 5.74) is 1.03. The molecule has 0 aliphatic heterocycles. The maximum Gasteiger partial charge on any atom is 0.178 e. The summed E-state index contributed by atoms with van der Waals surface area (Å²) >= 11 is 0. The quantitative estimate of drug-likeness (QED) is 0.824. The van der Waals surface area contributed by atoms with Crippen LogP contribution in [0.15, 0.2) is 29.2 Å². The molecule has 0 N–H and O–H groups in total. The highest BCUT2D eigenvalue weighted by Gasteiger charge is 2.20. The Bertz CT molecular complexity index is 467. The van der Waals surface area contributed by atoms with E-state index in [-0.39, 0.29) is 11.2 Å². The van der Waals surface area contributed by atoms with Gasteiger partial charge in [0.05, 0.1) is 10.6 Å². The lowest BCUT2D eigenvalue weighted by molar-refractivity contribution is 0.408. The topological polar surface area (TPSA) is 34.1 Å². The van der Waals surface area contributed by atoms with Crippen molar-refractivity contribution in [2.24, 2.45) is 5.41 Å². The van der Waals surface area contributed by atoms with Gasteiger partial charge < -0.3 is 0 Å². The first kappa shape index (κ1) is 14.2. The van der Waals surface area contributed by atoms with Gasteiger partial charge in [-0.05, 0) is 29.9 Å². The second kappa shape index (κ2) is 5.21. The molecule has 1 aromatic carbocycles. The molecule has 0 unspecified atom stereocenters. The average Bonchev–Trinajstić information content (AvgIpc) is 2.15. The molecule has 0 heterocycles. The maximum atomic E-state index is 12.1. The summed E-state index contributed by atoms with van der Waals surface area (Å²) in [6, 6.07) is 7.36. The van der Waals surface area contributed by atoms with Gasteiger partial charge in [-0.1, -0.05) is 45.9 Å². The van der Waals surface area contributed by atoms with Crippen LogP contribution in [0.25, 0.3) is 0 Å². The maximum absolute atomic E-state index is 12.1. The van der Waals surface area contributed by atoms with Crippen LogP contribution in [0, 0.1) is 5.41 Å². The lowest BCUT2D eigenvalue weighted by Gasteiger charge is -2.20. The lowest BCUT2D eigenvalue weighted by atomic mass is 9.88. The Hall–Kier alpha value is -0.830. The molecule has 96 valence electrons. The number of hydrogen-bond donors (Lipinski definition) is 0. The minimum absolute atomic E-state index is 0.0951. The summed E-state index contributed by atoms with van der Waals surface area (Å²) in [6.45, 7) is 8.26. The predicted molar refractivity (Wildman–Crippen MR) is 71.9 cm³/mol. The molecule has 0 saturated heterocycles. The summed E-state index contributed by atoms with van der Waals surface area (Å²) in [5.74, 6) is 0.230. The van der Waals surface area contributed by atoms with Crippen molar-refractivity contribution in [2.45, 2.75) is 45.4 Å². The second-order valence-corrected chi connectivity index (χ2v) is 7.74. The first-order valence-corrected chi connectivity index (χ1v) is 7.72. The Morgan fingerprint density at radius 1 is 1.12 bits per heavy atom. The molecular formula is C14H22O2S. The van der Waals surface area contributed by atoms with E-state index in [0.29, 0.717) is 11.3 Å². The number of benzene rings is 1. The molecule has 0 aliphatic rings. The summed E-state index contributed by atoms with van der Waals surface area (Å²) in [5, 5.41) is 0. The van der Waals surface area contributed by atoms with Crippen LogP contribution >= 0.6 is 0 Å². The Morgan fingerprint density at radius 2 is 1.71 bits per heavy atom. The number of hydrogen-bond acceptors (Lipinski definition) is 2. The molecule has 0 amide bonds. The van der Waals surface area contributed by atoms with Gasteiger partial charge in [0, 0.05) is 0 Å². The highest BCUT2D eigenvalue weighted by molar-refractivity contribution is 7.91. The van der Waals surface area contributed by atoms with Crippen molar-refractivity contribution < 1.29 is 8.42 Å². The molecule has 0 spiro atoms. The summed E-state index contributed by atoms with van der Waals surface area (Å²) in [7, 11) is -3.11. The van der Waals surface area contributed by atoms with E-state index in [4.69, 9.17) is 0 Å². The predicted octanol–water partition coefficient (Wildman–Crippen LogP) is 3.46. The Kier molecular flexibility index (Phi) is 4.36. The van der Waals surface area contributed by atoms with E-state index >= 15 is 0 Å². The van der Waals surface area contributed by atoms with E-state index in [0.717, 1.165) is 12.0 Å². The zero-order valence-electron chi connectivity index (χ0n) is 11.2. The van der Waals surface area contributed by atoms with E-state index in [2.05, 4.69) is 20.8 Å². The third-order valence-corrected chi connectivity index (χ3v) is 4.52. The molecule has 0 aromatic heterocycles. The van der Waals surface area contributed by atoms with Gasteiger partial charge >= 0.3 is 0 Å². The van der Waals surface area contributed by atoms with Gasteiger partial charge in [0.2, 0.25) is 0 Å². The largest absolute Gasteiger partial charge is 0.224 e. The van der Waals surface area contributed by atoms with Crippen molar-refractivity contribution in [3.05, 3.63) is 29.8 Å². The van der Waals surface area contributed by atoms with Crippen molar-refractivity contribution >= 4 is 9.84 Å². The van der Waals surface area contributed by atoms with Crippen molar-refractivity contribution in [1.82, 2.24) is 0 Å². The molecule has 17 heavy (non-hydrogen) atoms. The summed E-state index contributed by atoms with van der Waals surface area (Å²) in [6.07, 6.45) is 1.44. The minimum atomic E-state index is -3.11. The van der Waals surface area contributed by atoms with Crippen molar-refractivity contribution in [1.29, 1.82) is 0 Å². The van der Waals surface area contributed by atoms with Crippen LogP contribution < -0.4 is 0 Å². The molecule has 1 rings (SSSR count). The van der Waals surface area contributed by atoms with Crippen molar-refractivity contribution in [3.63, 3.8) is 0 Å². The van der Waals surface area contributed by atoms with Crippen LogP contribution in [0.1, 0.15) is 39.7 Å². The summed E-state index contributed by atoms with van der Waals surface area (Å²) in [4.78, 5) is 0.511. The Labute approximate surface area is 105 Å². The molecule has 0 saturated carbocycles. The first-order valence-electron chi connectivity index (χ1n) is 6.07. The fourth-order valence-electron chi connectivity index (χ4n) is 1.90. The van der Waals surface area contributed by atoms with Crippen LogP contribution in [-0.4, -0.2) is 14.2 Å².